The van der Waals surface area contributed by atoms with E-state index in [0.717, 1.165) is 24.9 Å². The Balaban J connectivity index is 1.85. The van der Waals surface area contributed by atoms with E-state index in [1.165, 1.54) is 25.7 Å². The minimum Gasteiger partial charge on any atom is -0.337 e. The second-order valence-electron chi connectivity index (χ2n) is 6.96. The lowest BCUT2D eigenvalue weighted by Gasteiger charge is -2.43. The van der Waals surface area contributed by atoms with Crippen molar-refractivity contribution >= 4 is 5.91 Å². The van der Waals surface area contributed by atoms with Crippen molar-refractivity contribution in [3.05, 3.63) is 0 Å². The first-order valence-electron chi connectivity index (χ1n) is 8.02. The highest BCUT2D eigenvalue weighted by molar-refractivity contribution is 5.79. The van der Waals surface area contributed by atoms with Crippen LogP contribution < -0.4 is 0 Å². The van der Waals surface area contributed by atoms with E-state index in [9.17, 15) is 4.79 Å². The van der Waals surface area contributed by atoms with Gasteiger partial charge in [0, 0.05) is 25.2 Å². The van der Waals surface area contributed by atoms with Crippen LogP contribution in [0.25, 0.3) is 0 Å². The molecule has 0 radical (unpaired) electrons. The molecule has 3 nitrogen and oxygen atoms in total. The lowest BCUT2D eigenvalue weighted by atomic mass is 9.79. The van der Waals surface area contributed by atoms with Gasteiger partial charge in [0.25, 0.3) is 0 Å². The normalized spacial score (nSPS) is 30.4. The Morgan fingerprint density at radius 3 is 2.11 bits per heavy atom. The maximum Gasteiger partial charge on any atom is 0.237 e. The van der Waals surface area contributed by atoms with E-state index in [1.807, 2.05) is 0 Å². The van der Waals surface area contributed by atoms with Crippen LogP contribution in [0.3, 0.4) is 0 Å². The lowest BCUT2D eigenvalue weighted by molar-refractivity contribution is -0.140. The smallest absolute Gasteiger partial charge is 0.237 e. The number of carbonyl (C=O) groups excluding carboxylic acids is 1. The molecule has 0 aromatic heterocycles. The van der Waals surface area contributed by atoms with Crippen LogP contribution >= 0.6 is 0 Å². The van der Waals surface area contributed by atoms with Gasteiger partial charge in [-0.1, -0.05) is 13.8 Å². The summed E-state index contributed by atoms with van der Waals surface area (Å²) in [5.41, 5.74) is 0. The van der Waals surface area contributed by atoms with Gasteiger partial charge < -0.3 is 4.90 Å². The maximum absolute atomic E-state index is 12.3. The Morgan fingerprint density at radius 1 is 1.00 bits per heavy atom. The van der Waals surface area contributed by atoms with Gasteiger partial charge in [-0.25, -0.2) is 0 Å². The summed E-state index contributed by atoms with van der Waals surface area (Å²) in [6, 6.07) is 1.01. The van der Waals surface area contributed by atoms with Gasteiger partial charge in [0.05, 0.1) is 6.54 Å². The summed E-state index contributed by atoms with van der Waals surface area (Å²) in [6.07, 6.45) is 5.05. The summed E-state index contributed by atoms with van der Waals surface area (Å²) in [4.78, 5) is 16.8. The number of piperazine rings is 1. The number of hydrogen-bond donors (Lipinski definition) is 0. The molecule has 0 N–H and O–H groups in total. The molecule has 110 valence electrons. The third kappa shape index (κ3) is 3.50. The fourth-order valence-electron chi connectivity index (χ4n) is 3.61. The first kappa shape index (κ1) is 14.8. The van der Waals surface area contributed by atoms with E-state index in [4.69, 9.17) is 0 Å². The Hall–Kier alpha value is -0.570. The van der Waals surface area contributed by atoms with Gasteiger partial charge in [0.1, 0.15) is 0 Å². The number of carbonyl (C=O) groups is 1. The van der Waals surface area contributed by atoms with Crippen molar-refractivity contribution in [2.75, 3.05) is 19.6 Å². The van der Waals surface area contributed by atoms with Crippen molar-refractivity contribution in [2.45, 2.75) is 65.5 Å². The molecule has 2 aliphatic rings. The largest absolute Gasteiger partial charge is 0.337 e. The quantitative estimate of drug-likeness (QED) is 0.784. The number of hydrogen-bond acceptors (Lipinski definition) is 2. The molecule has 2 fully saturated rings. The highest BCUT2D eigenvalue weighted by atomic mass is 16.2. The van der Waals surface area contributed by atoms with Crippen LogP contribution in [0.5, 0.6) is 0 Å². The Bertz CT molecular complexity index is 306. The first-order valence-corrected chi connectivity index (χ1v) is 8.02. The molecule has 0 atom stereocenters. The van der Waals surface area contributed by atoms with Gasteiger partial charge in [-0.3, -0.25) is 9.69 Å². The summed E-state index contributed by atoms with van der Waals surface area (Å²) >= 11 is 0. The molecule has 0 aromatic carbocycles. The fourth-order valence-corrected chi connectivity index (χ4v) is 3.61. The standard InChI is InChI=1S/C16H30N2O/c1-12(2)14-5-7-15(8-6-14)18-10-9-17(13(3)4)11-16(18)19/h12-15H,5-11H2,1-4H3. The zero-order chi connectivity index (χ0) is 14.0. The van der Waals surface area contributed by atoms with Gasteiger partial charge in [-0.05, 0) is 51.4 Å². The zero-order valence-corrected chi connectivity index (χ0v) is 13.1. The number of rotatable bonds is 3. The molecule has 1 amide bonds. The average Bonchev–Trinajstić information content (AvgIpc) is 2.38. The number of amides is 1. The van der Waals surface area contributed by atoms with Crippen molar-refractivity contribution in [2.24, 2.45) is 11.8 Å². The Morgan fingerprint density at radius 2 is 1.63 bits per heavy atom. The summed E-state index contributed by atoms with van der Waals surface area (Å²) in [5.74, 6) is 2.03. The molecule has 2 rings (SSSR count). The summed E-state index contributed by atoms with van der Waals surface area (Å²) < 4.78 is 0. The highest BCUT2D eigenvalue weighted by Crippen LogP contribution is 2.32. The highest BCUT2D eigenvalue weighted by Gasteiger charge is 2.33. The summed E-state index contributed by atoms with van der Waals surface area (Å²) in [5, 5.41) is 0. The van der Waals surface area contributed by atoms with Crippen molar-refractivity contribution < 1.29 is 4.79 Å². The van der Waals surface area contributed by atoms with Gasteiger partial charge in [-0.15, -0.1) is 0 Å². The minimum atomic E-state index is 0.355. The van der Waals surface area contributed by atoms with E-state index in [1.54, 1.807) is 0 Å². The molecule has 0 unspecified atom stereocenters. The molecule has 1 saturated carbocycles. The van der Waals surface area contributed by atoms with E-state index >= 15 is 0 Å². The lowest BCUT2D eigenvalue weighted by Crippen LogP contribution is -2.56. The van der Waals surface area contributed by atoms with Crippen LogP contribution in [0.15, 0.2) is 0 Å². The van der Waals surface area contributed by atoms with Crippen LogP contribution in [0, 0.1) is 11.8 Å². The molecule has 3 heteroatoms. The molecule has 1 saturated heterocycles. The van der Waals surface area contributed by atoms with E-state index in [2.05, 4.69) is 37.5 Å². The number of nitrogens with zero attached hydrogens (tertiary/aromatic N) is 2. The molecule has 1 aliphatic heterocycles. The molecular formula is C16H30N2O. The van der Waals surface area contributed by atoms with Crippen molar-refractivity contribution in [3.63, 3.8) is 0 Å². The fraction of sp³-hybridized carbons (Fsp3) is 0.938. The topological polar surface area (TPSA) is 23.6 Å². The van der Waals surface area contributed by atoms with Crippen LogP contribution in [0.4, 0.5) is 0 Å². The van der Waals surface area contributed by atoms with Gasteiger partial charge in [0.15, 0.2) is 0 Å². The maximum atomic E-state index is 12.3. The van der Waals surface area contributed by atoms with Crippen LogP contribution in [0.1, 0.15) is 53.4 Å². The molecular weight excluding hydrogens is 236 g/mol. The predicted octanol–water partition coefficient (Wildman–Crippen LogP) is 2.75. The van der Waals surface area contributed by atoms with Gasteiger partial charge in [-0.2, -0.15) is 0 Å². The van der Waals surface area contributed by atoms with Crippen molar-refractivity contribution in [1.82, 2.24) is 9.80 Å². The Labute approximate surface area is 118 Å². The van der Waals surface area contributed by atoms with Gasteiger partial charge >= 0.3 is 0 Å². The summed E-state index contributed by atoms with van der Waals surface area (Å²) in [6.45, 7) is 11.6. The van der Waals surface area contributed by atoms with Crippen LogP contribution in [0.2, 0.25) is 0 Å². The van der Waals surface area contributed by atoms with Crippen LogP contribution in [-0.2, 0) is 4.79 Å². The third-order valence-corrected chi connectivity index (χ3v) is 5.14. The van der Waals surface area contributed by atoms with Crippen LogP contribution in [-0.4, -0.2) is 47.4 Å². The molecule has 0 spiro atoms. The SMILES string of the molecule is CC(C)C1CCC(N2CCN(C(C)C)CC2=O)CC1. The Kier molecular flexibility index (Phi) is 4.88. The molecule has 19 heavy (non-hydrogen) atoms. The molecule has 1 heterocycles. The predicted molar refractivity (Wildman–Crippen MR) is 79.0 cm³/mol. The van der Waals surface area contributed by atoms with E-state index in [0.29, 0.717) is 24.5 Å². The second kappa shape index (κ2) is 6.25. The third-order valence-electron chi connectivity index (χ3n) is 5.14. The molecule has 1 aliphatic carbocycles. The second-order valence-corrected chi connectivity index (χ2v) is 6.96. The minimum absolute atomic E-state index is 0.355. The monoisotopic (exact) mass is 266 g/mol. The van der Waals surface area contributed by atoms with Crippen molar-refractivity contribution in [3.8, 4) is 0 Å². The average molecular weight is 266 g/mol. The van der Waals surface area contributed by atoms with E-state index in [-0.39, 0.29) is 0 Å². The first-order chi connectivity index (χ1) is 8.99. The zero-order valence-electron chi connectivity index (χ0n) is 13.1. The summed E-state index contributed by atoms with van der Waals surface area (Å²) in [7, 11) is 0. The molecule has 0 bridgehead atoms. The molecule has 0 aromatic rings. The van der Waals surface area contributed by atoms with Gasteiger partial charge in [0.2, 0.25) is 5.91 Å². The van der Waals surface area contributed by atoms with Crippen molar-refractivity contribution in [1.29, 1.82) is 0 Å². The van der Waals surface area contributed by atoms with E-state index < -0.39 is 0 Å².